The Morgan fingerprint density at radius 3 is 2.93 bits per heavy atom. The molecule has 0 saturated carbocycles. The van der Waals surface area contributed by atoms with Gasteiger partial charge in [0, 0.05) is 18.8 Å². The summed E-state index contributed by atoms with van der Waals surface area (Å²) < 4.78 is 0. The van der Waals surface area contributed by atoms with Gasteiger partial charge in [-0.15, -0.1) is 0 Å². The molecule has 0 fully saturated rings. The fourth-order valence-corrected chi connectivity index (χ4v) is 2.37. The number of carboxylic acids is 1. The average molecular weight is 205 g/mol. The second-order valence-electron chi connectivity index (χ2n) is 4.15. The summed E-state index contributed by atoms with van der Waals surface area (Å²) in [5, 5.41) is 8.81. The number of carboxylic acid groups (broad SMARTS) is 1. The van der Waals surface area contributed by atoms with Crippen LogP contribution in [0.2, 0.25) is 0 Å². The summed E-state index contributed by atoms with van der Waals surface area (Å²) in [6.07, 6.45) is 1.06. The normalized spacial score (nSPS) is 19.1. The Morgan fingerprint density at radius 1 is 1.60 bits per heavy atom. The van der Waals surface area contributed by atoms with Crippen LogP contribution in [-0.2, 0) is 11.2 Å². The molecular weight excluding hydrogens is 190 g/mol. The molecule has 0 aliphatic carbocycles. The topological polar surface area (TPSA) is 40.5 Å². The van der Waals surface area contributed by atoms with E-state index in [0.717, 1.165) is 6.42 Å². The Labute approximate surface area is 89.3 Å². The largest absolute Gasteiger partial charge is 0.481 e. The molecule has 1 atom stereocenters. The summed E-state index contributed by atoms with van der Waals surface area (Å²) in [6.45, 7) is 2.07. The molecule has 0 amide bonds. The number of para-hydroxylation sites is 1. The number of hydrogen-bond acceptors (Lipinski definition) is 2. The van der Waals surface area contributed by atoms with Crippen molar-refractivity contribution in [2.75, 3.05) is 11.9 Å². The fourth-order valence-electron chi connectivity index (χ4n) is 2.37. The smallest absolute Gasteiger partial charge is 0.305 e. The molecule has 0 bridgehead atoms. The molecule has 1 aliphatic rings. The van der Waals surface area contributed by atoms with Gasteiger partial charge in [0.1, 0.15) is 0 Å². The number of hydrogen-bond donors (Lipinski definition) is 1. The van der Waals surface area contributed by atoms with Crippen LogP contribution in [0.3, 0.4) is 0 Å². The molecule has 1 aliphatic heterocycles. The highest BCUT2D eigenvalue weighted by molar-refractivity contribution is 5.71. The molecule has 0 radical (unpaired) electrons. The summed E-state index contributed by atoms with van der Waals surface area (Å²) in [7, 11) is 1.98. The predicted octanol–water partition coefficient (Wildman–Crippen LogP) is 1.83. The molecule has 1 aromatic carbocycles. The Hall–Kier alpha value is -1.51. The third-order valence-electron chi connectivity index (χ3n) is 3.09. The molecule has 3 nitrogen and oxygen atoms in total. The van der Waals surface area contributed by atoms with Crippen molar-refractivity contribution in [1.29, 1.82) is 0 Å². The monoisotopic (exact) mass is 205 g/mol. The van der Waals surface area contributed by atoms with Crippen molar-refractivity contribution >= 4 is 11.7 Å². The second kappa shape index (κ2) is 3.57. The summed E-state index contributed by atoms with van der Waals surface area (Å²) in [4.78, 5) is 12.8. The van der Waals surface area contributed by atoms with Crippen molar-refractivity contribution in [3.05, 3.63) is 29.3 Å². The molecule has 2 rings (SSSR count). The lowest BCUT2D eigenvalue weighted by atomic mass is 10.1. The maximum absolute atomic E-state index is 10.7. The molecule has 3 heteroatoms. The first-order valence-electron chi connectivity index (χ1n) is 5.12. The van der Waals surface area contributed by atoms with Gasteiger partial charge in [0.05, 0.1) is 6.42 Å². The number of fused-ring (bicyclic) bond motifs is 1. The average Bonchev–Trinajstić information content (AvgIpc) is 2.44. The van der Waals surface area contributed by atoms with E-state index < -0.39 is 5.97 Å². The standard InChI is InChI=1S/C12H15NO2/c1-8-4-3-5-9-6-10(7-11(14)15)13(2)12(8)9/h3-5,10H,6-7H2,1-2H3,(H,14,15). The molecule has 0 spiro atoms. The Balaban J connectivity index is 2.29. The third kappa shape index (κ3) is 1.69. The number of likely N-dealkylation sites (N-methyl/N-ethyl adjacent to an activating group) is 1. The molecule has 80 valence electrons. The predicted molar refractivity (Wildman–Crippen MR) is 59.3 cm³/mol. The van der Waals surface area contributed by atoms with Crippen molar-refractivity contribution in [2.45, 2.75) is 25.8 Å². The van der Waals surface area contributed by atoms with Gasteiger partial charge in [0.15, 0.2) is 0 Å². The maximum atomic E-state index is 10.7. The van der Waals surface area contributed by atoms with Crippen LogP contribution in [0.4, 0.5) is 5.69 Å². The first-order chi connectivity index (χ1) is 7.09. The van der Waals surface area contributed by atoms with E-state index in [9.17, 15) is 4.79 Å². The molecule has 1 unspecified atom stereocenters. The van der Waals surface area contributed by atoms with Crippen molar-refractivity contribution in [3.63, 3.8) is 0 Å². The fraction of sp³-hybridized carbons (Fsp3) is 0.417. The van der Waals surface area contributed by atoms with Crippen LogP contribution < -0.4 is 4.90 Å². The van der Waals surface area contributed by atoms with Crippen molar-refractivity contribution in [3.8, 4) is 0 Å². The van der Waals surface area contributed by atoms with Gasteiger partial charge < -0.3 is 10.0 Å². The SMILES string of the molecule is Cc1cccc2c1N(C)C(CC(=O)O)C2. The number of benzene rings is 1. The number of aliphatic carboxylic acids is 1. The number of anilines is 1. The van der Waals surface area contributed by atoms with E-state index in [1.807, 2.05) is 13.1 Å². The molecule has 1 heterocycles. The van der Waals surface area contributed by atoms with E-state index in [1.54, 1.807) is 0 Å². The zero-order chi connectivity index (χ0) is 11.0. The van der Waals surface area contributed by atoms with Crippen LogP contribution in [0.25, 0.3) is 0 Å². The second-order valence-corrected chi connectivity index (χ2v) is 4.15. The van der Waals surface area contributed by atoms with Crippen molar-refractivity contribution in [1.82, 2.24) is 0 Å². The molecule has 0 aromatic heterocycles. The number of nitrogens with zero attached hydrogens (tertiary/aromatic N) is 1. The van der Waals surface area contributed by atoms with Gasteiger partial charge in [-0.25, -0.2) is 0 Å². The minimum atomic E-state index is -0.725. The van der Waals surface area contributed by atoms with Gasteiger partial charge in [-0.2, -0.15) is 0 Å². The van der Waals surface area contributed by atoms with Crippen LogP contribution in [0.1, 0.15) is 17.5 Å². The van der Waals surface area contributed by atoms with Gasteiger partial charge in [-0.1, -0.05) is 18.2 Å². The highest BCUT2D eigenvalue weighted by atomic mass is 16.4. The van der Waals surface area contributed by atoms with Gasteiger partial charge >= 0.3 is 5.97 Å². The lowest BCUT2D eigenvalue weighted by Crippen LogP contribution is -2.30. The van der Waals surface area contributed by atoms with Crippen molar-refractivity contribution in [2.24, 2.45) is 0 Å². The third-order valence-corrected chi connectivity index (χ3v) is 3.09. The molecule has 1 N–H and O–H groups in total. The first-order valence-corrected chi connectivity index (χ1v) is 5.12. The van der Waals surface area contributed by atoms with Crippen LogP contribution in [0.15, 0.2) is 18.2 Å². The van der Waals surface area contributed by atoms with E-state index in [-0.39, 0.29) is 12.5 Å². The molecular formula is C12H15NO2. The Kier molecular flexibility index (Phi) is 2.39. The Bertz CT molecular complexity index is 401. The van der Waals surface area contributed by atoms with E-state index in [1.165, 1.54) is 16.8 Å². The van der Waals surface area contributed by atoms with E-state index >= 15 is 0 Å². The Morgan fingerprint density at radius 2 is 2.33 bits per heavy atom. The minimum absolute atomic E-state index is 0.110. The lowest BCUT2D eigenvalue weighted by molar-refractivity contribution is -0.137. The van der Waals surface area contributed by atoms with Crippen LogP contribution in [-0.4, -0.2) is 24.2 Å². The summed E-state index contributed by atoms with van der Waals surface area (Å²) in [5.41, 5.74) is 3.70. The number of aryl methyl sites for hydroxylation is 1. The highest BCUT2D eigenvalue weighted by Crippen LogP contribution is 2.34. The number of carbonyl (C=O) groups is 1. The van der Waals surface area contributed by atoms with Gasteiger partial charge in [0.2, 0.25) is 0 Å². The van der Waals surface area contributed by atoms with Crippen molar-refractivity contribution < 1.29 is 9.90 Å². The zero-order valence-electron chi connectivity index (χ0n) is 9.03. The quantitative estimate of drug-likeness (QED) is 0.800. The van der Waals surface area contributed by atoms with E-state index in [0.29, 0.717) is 0 Å². The molecule has 1 aromatic rings. The van der Waals surface area contributed by atoms with E-state index in [2.05, 4.69) is 24.0 Å². The van der Waals surface area contributed by atoms with Crippen LogP contribution in [0, 0.1) is 6.92 Å². The van der Waals surface area contributed by atoms with E-state index in [4.69, 9.17) is 5.11 Å². The summed E-state index contributed by atoms with van der Waals surface area (Å²) in [5.74, 6) is -0.725. The zero-order valence-corrected chi connectivity index (χ0v) is 9.03. The highest BCUT2D eigenvalue weighted by Gasteiger charge is 2.28. The van der Waals surface area contributed by atoms with Crippen LogP contribution in [0.5, 0.6) is 0 Å². The van der Waals surface area contributed by atoms with Crippen LogP contribution >= 0.6 is 0 Å². The molecule has 0 saturated heterocycles. The lowest BCUT2D eigenvalue weighted by Gasteiger charge is -2.22. The van der Waals surface area contributed by atoms with Gasteiger partial charge in [-0.3, -0.25) is 4.79 Å². The maximum Gasteiger partial charge on any atom is 0.305 e. The molecule has 15 heavy (non-hydrogen) atoms. The number of rotatable bonds is 2. The first kappa shape index (κ1) is 10.0. The van der Waals surface area contributed by atoms with Gasteiger partial charge in [-0.05, 0) is 24.5 Å². The minimum Gasteiger partial charge on any atom is -0.481 e. The summed E-state index contributed by atoms with van der Waals surface area (Å²) in [6, 6.07) is 6.29. The van der Waals surface area contributed by atoms with Gasteiger partial charge in [0.25, 0.3) is 0 Å². The summed E-state index contributed by atoms with van der Waals surface area (Å²) >= 11 is 0.